The summed E-state index contributed by atoms with van der Waals surface area (Å²) in [4.78, 5) is 0.122. The van der Waals surface area contributed by atoms with Crippen LogP contribution in [0.2, 0.25) is 0 Å². The number of sulfonamides is 1. The van der Waals surface area contributed by atoms with Crippen LogP contribution in [0.1, 0.15) is 29.9 Å². The van der Waals surface area contributed by atoms with Crippen LogP contribution in [0.4, 0.5) is 5.69 Å². The Bertz CT molecular complexity index is 767. The number of hydrogen-bond donors (Lipinski definition) is 2. The largest absolute Gasteiger partial charge is 0.397 e. The van der Waals surface area contributed by atoms with Gasteiger partial charge in [-0.25, -0.2) is 13.1 Å². The second-order valence-corrected chi connectivity index (χ2v) is 6.74. The number of aryl methyl sites for hydroxylation is 3. The summed E-state index contributed by atoms with van der Waals surface area (Å²) in [6, 6.07) is 3.03. The number of anilines is 1. The van der Waals surface area contributed by atoms with Gasteiger partial charge in [-0.3, -0.25) is 0 Å². The summed E-state index contributed by atoms with van der Waals surface area (Å²) < 4.78 is 29.4. The zero-order chi connectivity index (χ0) is 15.8. The molecule has 0 aliphatic carbocycles. The maximum atomic E-state index is 12.6. The Hall–Kier alpha value is -1.93. The normalized spacial score (nSPS) is 13.3. The predicted molar refractivity (Wildman–Crippen MR) is 80.1 cm³/mol. The van der Waals surface area contributed by atoms with E-state index in [9.17, 15) is 8.42 Å². The molecule has 1 aromatic carbocycles. The first kappa shape index (κ1) is 15.5. The van der Waals surface area contributed by atoms with Crippen molar-refractivity contribution < 1.29 is 8.42 Å². The fourth-order valence-electron chi connectivity index (χ4n) is 2.19. The van der Waals surface area contributed by atoms with Crippen LogP contribution < -0.4 is 10.5 Å². The molecule has 0 bridgehead atoms. The average molecular weight is 309 g/mol. The summed E-state index contributed by atoms with van der Waals surface area (Å²) in [5.41, 5.74) is 7.55. The Kier molecular flexibility index (Phi) is 4.02. The van der Waals surface area contributed by atoms with Gasteiger partial charge >= 0.3 is 0 Å². The minimum absolute atomic E-state index is 0.122. The van der Waals surface area contributed by atoms with E-state index < -0.39 is 16.1 Å². The summed E-state index contributed by atoms with van der Waals surface area (Å²) in [6.07, 6.45) is 1.52. The second kappa shape index (κ2) is 5.45. The van der Waals surface area contributed by atoms with Crippen LogP contribution in [0.15, 0.2) is 23.4 Å². The molecule has 0 amide bonds. The van der Waals surface area contributed by atoms with E-state index in [1.807, 2.05) is 0 Å². The molecule has 21 heavy (non-hydrogen) atoms. The summed E-state index contributed by atoms with van der Waals surface area (Å²) in [5.74, 6) is 0.530. The predicted octanol–water partition coefficient (Wildman–Crippen LogP) is 1.05. The molecule has 1 unspecified atom stereocenters. The van der Waals surface area contributed by atoms with Crippen LogP contribution in [-0.4, -0.2) is 23.2 Å². The minimum atomic E-state index is -3.74. The molecule has 3 N–H and O–H groups in total. The van der Waals surface area contributed by atoms with Crippen molar-refractivity contribution in [2.75, 3.05) is 5.73 Å². The lowest BCUT2D eigenvalue weighted by molar-refractivity contribution is 0.553. The molecule has 0 fully saturated rings. The van der Waals surface area contributed by atoms with Gasteiger partial charge in [-0.05, 0) is 31.9 Å². The molecule has 8 heteroatoms. The maximum absolute atomic E-state index is 12.6. The molecular weight excluding hydrogens is 290 g/mol. The van der Waals surface area contributed by atoms with Crippen LogP contribution >= 0.6 is 0 Å². The van der Waals surface area contributed by atoms with E-state index in [1.54, 1.807) is 44.5 Å². The standard InChI is InChI=1S/C13H19N5O2S/c1-8-5-6-9(2)12(11(8)14)21(19,20)17-10(3)13-16-15-7-18(13)4/h5-7,10,17H,14H2,1-4H3. The zero-order valence-electron chi connectivity index (χ0n) is 12.5. The van der Waals surface area contributed by atoms with Crippen molar-refractivity contribution in [3.8, 4) is 0 Å². The second-order valence-electron chi connectivity index (χ2n) is 5.09. The lowest BCUT2D eigenvalue weighted by Gasteiger charge is -2.17. The molecule has 1 heterocycles. The van der Waals surface area contributed by atoms with Gasteiger partial charge in [-0.1, -0.05) is 12.1 Å². The third kappa shape index (κ3) is 2.91. The van der Waals surface area contributed by atoms with Crippen LogP contribution in [0.3, 0.4) is 0 Å². The molecule has 1 aromatic heterocycles. The fraction of sp³-hybridized carbons (Fsp3) is 0.385. The van der Waals surface area contributed by atoms with E-state index in [0.717, 1.165) is 5.56 Å². The molecule has 0 aliphatic heterocycles. The van der Waals surface area contributed by atoms with Gasteiger partial charge in [-0.15, -0.1) is 10.2 Å². The van der Waals surface area contributed by atoms with Crippen molar-refractivity contribution in [3.63, 3.8) is 0 Å². The summed E-state index contributed by atoms with van der Waals surface area (Å²) >= 11 is 0. The van der Waals surface area contributed by atoms with Gasteiger partial charge in [0.1, 0.15) is 17.0 Å². The monoisotopic (exact) mass is 309 g/mol. The number of nitrogens with two attached hydrogens (primary N) is 1. The number of aromatic nitrogens is 3. The topological polar surface area (TPSA) is 103 Å². The van der Waals surface area contributed by atoms with Crippen LogP contribution in [0.5, 0.6) is 0 Å². The number of rotatable bonds is 4. The molecule has 0 saturated heterocycles. The van der Waals surface area contributed by atoms with Crippen molar-refractivity contribution in [2.45, 2.75) is 31.7 Å². The van der Waals surface area contributed by atoms with E-state index >= 15 is 0 Å². The Morgan fingerprint density at radius 3 is 2.48 bits per heavy atom. The molecule has 114 valence electrons. The number of nitrogens with zero attached hydrogens (tertiary/aromatic N) is 3. The Balaban J connectivity index is 2.40. The molecule has 7 nitrogen and oxygen atoms in total. The summed E-state index contributed by atoms with van der Waals surface area (Å²) in [5, 5.41) is 7.66. The summed E-state index contributed by atoms with van der Waals surface area (Å²) in [6.45, 7) is 5.21. The number of nitrogen functional groups attached to an aromatic ring is 1. The van der Waals surface area contributed by atoms with Crippen molar-refractivity contribution in [1.82, 2.24) is 19.5 Å². The number of nitrogens with one attached hydrogen (secondary N) is 1. The first-order valence-electron chi connectivity index (χ1n) is 6.46. The van der Waals surface area contributed by atoms with Crippen molar-refractivity contribution in [2.24, 2.45) is 7.05 Å². The highest BCUT2D eigenvalue weighted by Gasteiger charge is 2.25. The average Bonchev–Trinajstić information content (AvgIpc) is 2.80. The van der Waals surface area contributed by atoms with E-state index in [2.05, 4.69) is 14.9 Å². The van der Waals surface area contributed by atoms with Gasteiger partial charge in [0.15, 0.2) is 0 Å². The van der Waals surface area contributed by atoms with Crippen molar-refractivity contribution in [1.29, 1.82) is 0 Å². The first-order valence-corrected chi connectivity index (χ1v) is 7.94. The molecule has 0 radical (unpaired) electrons. The van der Waals surface area contributed by atoms with E-state index in [1.165, 1.54) is 6.33 Å². The Morgan fingerprint density at radius 2 is 1.90 bits per heavy atom. The summed E-state index contributed by atoms with van der Waals surface area (Å²) in [7, 11) is -1.99. The third-order valence-electron chi connectivity index (χ3n) is 3.35. The fourth-order valence-corrected chi connectivity index (χ4v) is 3.82. The third-order valence-corrected chi connectivity index (χ3v) is 5.09. The number of benzene rings is 1. The number of hydrogen-bond acceptors (Lipinski definition) is 5. The molecule has 0 saturated carbocycles. The van der Waals surface area contributed by atoms with Gasteiger partial charge < -0.3 is 10.3 Å². The SMILES string of the molecule is Cc1ccc(C)c(S(=O)(=O)NC(C)c2nncn2C)c1N. The highest BCUT2D eigenvalue weighted by Crippen LogP contribution is 2.27. The minimum Gasteiger partial charge on any atom is -0.397 e. The Labute approximate surface area is 124 Å². The van der Waals surface area contributed by atoms with Gasteiger partial charge in [0.25, 0.3) is 0 Å². The Morgan fingerprint density at radius 1 is 1.29 bits per heavy atom. The maximum Gasteiger partial charge on any atom is 0.243 e. The van der Waals surface area contributed by atoms with E-state index in [4.69, 9.17) is 5.73 Å². The van der Waals surface area contributed by atoms with E-state index in [0.29, 0.717) is 11.4 Å². The van der Waals surface area contributed by atoms with Crippen molar-refractivity contribution in [3.05, 3.63) is 35.4 Å². The van der Waals surface area contributed by atoms with Crippen LogP contribution in [0, 0.1) is 13.8 Å². The van der Waals surface area contributed by atoms with Gasteiger partial charge in [-0.2, -0.15) is 0 Å². The smallest absolute Gasteiger partial charge is 0.243 e. The molecule has 2 aromatic rings. The zero-order valence-corrected chi connectivity index (χ0v) is 13.3. The van der Waals surface area contributed by atoms with Gasteiger partial charge in [0, 0.05) is 7.05 Å². The molecule has 0 spiro atoms. The molecular formula is C13H19N5O2S. The lowest BCUT2D eigenvalue weighted by Crippen LogP contribution is -2.30. The first-order chi connectivity index (χ1) is 9.74. The highest BCUT2D eigenvalue weighted by atomic mass is 32.2. The molecule has 1 atom stereocenters. The molecule has 0 aliphatic rings. The lowest BCUT2D eigenvalue weighted by atomic mass is 10.1. The van der Waals surface area contributed by atoms with Crippen LogP contribution in [-0.2, 0) is 17.1 Å². The highest BCUT2D eigenvalue weighted by molar-refractivity contribution is 7.89. The molecule has 2 rings (SSSR count). The van der Waals surface area contributed by atoms with Gasteiger partial charge in [0.05, 0.1) is 11.7 Å². The van der Waals surface area contributed by atoms with E-state index in [-0.39, 0.29) is 10.6 Å². The van der Waals surface area contributed by atoms with Gasteiger partial charge in [0.2, 0.25) is 10.0 Å². The quantitative estimate of drug-likeness (QED) is 0.822. The van der Waals surface area contributed by atoms with Crippen LogP contribution in [0.25, 0.3) is 0 Å². The van der Waals surface area contributed by atoms with Crippen molar-refractivity contribution >= 4 is 15.7 Å².